The maximum absolute atomic E-state index is 14.4. The fraction of sp³-hybridized carbons (Fsp3) is 0.967. The molecule has 0 bridgehead atoms. The number of hydrogen-bond donors (Lipinski definition) is 2. The SMILES string of the molecule is CCCCC(F)(F)C(O)CC[C@H]1[C@H](OC2CCCCO2)CC(O)[C@@H]1CCCCCCCCC(=O)OC(C)C. The van der Waals surface area contributed by atoms with Gasteiger partial charge in [0.2, 0.25) is 0 Å². The van der Waals surface area contributed by atoms with Crippen LogP contribution in [0.15, 0.2) is 0 Å². The molecule has 1 saturated heterocycles. The highest BCUT2D eigenvalue weighted by molar-refractivity contribution is 5.69. The van der Waals surface area contributed by atoms with Crippen LogP contribution in [0.5, 0.6) is 0 Å². The first-order valence-corrected chi connectivity index (χ1v) is 15.3. The van der Waals surface area contributed by atoms with E-state index < -0.39 is 18.1 Å². The van der Waals surface area contributed by atoms with Gasteiger partial charge in [-0.3, -0.25) is 4.79 Å². The molecule has 0 radical (unpaired) electrons. The van der Waals surface area contributed by atoms with Crippen LogP contribution in [0.1, 0.15) is 130 Å². The lowest BCUT2D eigenvalue weighted by Gasteiger charge is -2.31. The third-order valence-corrected chi connectivity index (χ3v) is 8.12. The quantitative estimate of drug-likeness (QED) is 0.134. The lowest BCUT2D eigenvalue weighted by molar-refractivity contribution is -0.197. The number of unbranched alkanes of at least 4 members (excludes halogenated alkanes) is 6. The summed E-state index contributed by atoms with van der Waals surface area (Å²) in [7, 11) is 0. The minimum Gasteiger partial charge on any atom is -0.463 e. The van der Waals surface area contributed by atoms with Gasteiger partial charge in [-0.05, 0) is 77.0 Å². The first kappa shape index (κ1) is 33.4. The second-order valence-corrected chi connectivity index (χ2v) is 11.8. The molecule has 2 aliphatic rings. The van der Waals surface area contributed by atoms with Gasteiger partial charge in [-0.25, -0.2) is 8.78 Å². The summed E-state index contributed by atoms with van der Waals surface area (Å²) in [5, 5.41) is 21.2. The molecular formula is C30H54F2O6. The molecule has 1 saturated carbocycles. The summed E-state index contributed by atoms with van der Waals surface area (Å²) in [5.74, 6) is -3.31. The Bertz CT molecular complexity index is 640. The zero-order valence-corrected chi connectivity index (χ0v) is 24.1. The molecule has 1 aliphatic heterocycles. The van der Waals surface area contributed by atoms with Gasteiger partial charge in [0.05, 0.1) is 18.3 Å². The van der Waals surface area contributed by atoms with Gasteiger partial charge >= 0.3 is 5.97 Å². The topological polar surface area (TPSA) is 85.2 Å². The van der Waals surface area contributed by atoms with E-state index in [0.29, 0.717) is 38.7 Å². The van der Waals surface area contributed by atoms with Crippen molar-refractivity contribution < 1.29 is 38.0 Å². The average molecular weight is 549 g/mol. The van der Waals surface area contributed by atoms with Crippen LogP contribution in [0.4, 0.5) is 8.78 Å². The van der Waals surface area contributed by atoms with Gasteiger partial charge < -0.3 is 24.4 Å². The summed E-state index contributed by atoms with van der Waals surface area (Å²) in [5.41, 5.74) is 0. The molecule has 3 unspecified atom stereocenters. The Hall–Kier alpha value is -0.830. The Balaban J connectivity index is 1.82. The van der Waals surface area contributed by atoms with Crippen molar-refractivity contribution in [3.05, 3.63) is 0 Å². The normalized spacial score (nSPS) is 27.1. The van der Waals surface area contributed by atoms with Crippen molar-refractivity contribution in [1.29, 1.82) is 0 Å². The number of aliphatic hydroxyl groups excluding tert-OH is 2. The lowest BCUT2D eigenvalue weighted by Crippen LogP contribution is -2.36. The van der Waals surface area contributed by atoms with E-state index in [-0.39, 0.29) is 49.1 Å². The minimum atomic E-state index is -3.09. The van der Waals surface area contributed by atoms with Crippen molar-refractivity contribution in [3.63, 3.8) is 0 Å². The van der Waals surface area contributed by atoms with E-state index in [1.165, 1.54) is 0 Å². The second-order valence-electron chi connectivity index (χ2n) is 11.8. The molecular weight excluding hydrogens is 494 g/mol. The van der Waals surface area contributed by atoms with Crippen molar-refractivity contribution in [1.82, 2.24) is 0 Å². The Morgan fingerprint density at radius 3 is 2.39 bits per heavy atom. The Morgan fingerprint density at radius 2 is 1.74 bits per heavy atom. The Labute approximate surface area is 229 Å². The van der Waals surface area contributed by atoms with Crippen LogP contribution in [0.3, 0.4) is 0 Å². The number of ether oxygens (including phenoxy) is 3. The summed E-state index contributed by atoms with van der Waals surface area (Å²) in [4.78, 5) is 11.6. The van der Waals surface area contributed by atoms with E-state index >= 15 is 0 Å². The Kier molecular flexibility index (Phi) is 15.6. The molecule has 1 aliphatic carbocycles. The third-order valence-electron chi connectivity index (χ3n) is 8.12. The van der Waals surface area contributed by atoms with Crippen LogP contribution < -0.4 is 0 Å². The van der Waals surface area contributed by atoms with Crippen LogP contribution in [-0.2, 0) is 19.0 Å². The molecule has 2 rings (SSSR count). The molecule has 0 aromatic heterocycles. The largest absolute Gasteiger partial charge is 0.463 e. The molecule has 2 fully saturated rings. The lowest BCUT2D eigenvalue weighted by atomic mass is 9.84. The van der Waals surface area contributed by atoms with Crippen molar-refractivity contribution in [2.45, 2.75) is 167 Å². The summed E-state index contributed by atoms with van der Waals surface area (Å²) in [6.07, 6.45) is 8.94. The molecule has 2 N–H and O–H groups in total. The van der Waals surface area contributed by atoms with E-state index in [1.54, 1.807) is 0 Å². The second kappa shape index (κ2) is 17.8. The molecule has 0 aromatic carbocycles. The first-order valence-electron chi connectivity index (χ1n) is 15.3. The highest BCUT2D eigenvalue weighted by Gasteiger charge is 2.45. The van der Waals surface area contributed by atoms with Crippen LogP contribution >= 0.6 is 0 Å². The standard InChI is InChI=1S/C30H54F2O6/c1-4-5-19-30(31,32)27(34)18-17-24-23(25(33)21-26(24)38-29-16-12-13-20-36-29)14-10-8-6-7-9-11-15-28(35)37-22(2)3/h22-27,29,33-34H,4-21H2,1-3H3/t23-,24-,25?,26-,27?,29?/m1/s1. The van der Waals surface area contributed by atoms with Crippen molar-refractivity contribution in [3.8, 4) is 0 Å². The van der Waals surface area contributed by atoms with E-state index in [0.717, 1.165) is 64.2 Å². The number of rotatable bonds is 19. The van der Waals surface area contributed by atoms with Crippen molar-refractivity contribution in [2.75, 3.05) is 6.61 Å². The average Bonchev–Trinajstić information content (AvgIpc) is 3.16. The van der Waals surface area contributed by atoms with Crippen LogP contribution in [0.25, 0.3) is 0 Å². The smallest absolute Gasteiger partial charge is 0.306 e. The van der Waals surface area contributed by atoms with Crippen LogP contribution in [0, 0.1) is 11.8 Å². The fourth-order valence-corrected chi connectivity index (χ4v) is 5.94. The zero-order chi connectivity index (χ0) is 28.0. The van der Waals surface area contributed by atoms with Gasteiger partial charge in [0.15, 0.2) is 6.29 Å². The van der Waals surface area contributed by atoms with E-state index in [4.69, 9.17) is 14.2 Å². The van der Waals surface area contributed by atoms with Gasteiger partial charge in [-0.15, -0.1) is 0 Å². The highest BCUT2D eigenvalue weighted by atomic mass is 19.3. The van der Waals surface area contributed by atoms with Crippen molar-refractivity contribution >= 4 is 5.97 Å². The van der Waals surface area contributed by atoms with E-state index in [2.05, 4.69) is 0 Å². The molecule has 0 amide bonds. The number of hydrogen-bond acceptors (Lipinski definition) is 6. The van der Waals surface area contributed by atoms with Gasteiger partial charge in [-0.1, -0.05) is 45.4 Å². The number of alkyl halides is 2. The predicted molar refractivity (Wildman–Crippen MR) is 144 cm³/mol. The molecule has 224 valence electrons. The number of carbonyl (C=O) groups excluding carboxylic acids is 1. The third kappa shape index (κ3) is 12.1. The number of aliphatic hydroxyl groups is 2. The summed E-state index contributed by atoms with van der Waals surface area (Å²) < 4.78 is 46.0. The van der Waals surface area contributed by atoms with Gasteiger partial charge in [0, 0.05) is 25.9 Å². The minimum absolute atomic E-state index is 0.00916. The summed E-state index contributed by atoms with van der Waals surface area (Å²) in [6, 6.07) is 0. The van der Waals surface area contributed by atoms with Gasteiger partial charge in [0.25, 0.3) is 5.92 Å². The number of esters is 1. The monoisotopic (exact) mass is 548 g/mol. The molecule has 0 aromatic rings. The molecule has 38 heavy (non-hydrogen) atoms. The number of carbonyl (C=O) groups is 1. The molecule has 1 heterocycles. The van der Waals surface area contributed by atoms with E-state index in [9.17, 15) is 23.8 Å². The first-order chi connectivity index (χ1) is 18.1. The maximum Gasteiger partial charge on any atom is 0.306 e. The molecule has 8 heteroatoms. The molecule has 0 spiro atoms. The maximum atomic E-state index is 14.4. The number of halogens is 2. The summed E-state index contributed by atoms with van der Waals surface area (Å²) >= 11 is 0. The van der Waals surface area contributed by atoms with Gasteiger partial charge in [0.1, 0.15) is 6.10 Å². The van der Waals surface area contributed by atoms with Gasteiger partial charge in [-0.2, -0.15) is 0 Å². The summed E-state index contributed by atoms with van der Waals surface area (Å²) in [6.45, 7) is 6.24. The van der Waals surface area contributed by atoms with Crippen molar-refractivity contribution in [2.24, 2.45) is 11.8 Å². The predicted octanol–water partition coefficient (Wildman–Crippen LogP) is 6.93. The van der Waals surface area contributed by atoms with Crippen LogP contribution in [0.2, 0.25) is 0 Å². The fourth-order valence-electron chi connectivity index (χ4n) is 5.94. The molecule has 6 atom stereocenters. The Morgan fingerprint density at radius 1 is 1.03 bits per heavy atom. The zero-order valence-electron chi connectivity index (χ0n) is 24.1. The van der Waals surface area contributed by atoms with Crippen LogP contribution in [-0.4, -0.2) is 59.4 Å². The molecule has 6 nitrogen and oxygen atoms in total. The highest BCUT2D eigenvalue weighted by Crippen LogP contribution is 2.42. The van der Waals surface area contributed by atoms with E-state index in [1.807, 2.05) is 20.8 Å².